The summed E-state index contributed by atoms with van der Waals surface area (Å²) in [6, 6.07) is 0. The van der Waals surface area contributed by atoms with Gasteiger partial charge in [-0.15, -0.1) is 0 Å². The van der Waals surface area contributed by atoms with Crippen LogP contribution in [0.25, 0.3) is 0 Å². The van der Waals surface area contributed by atoms with Crippen LogP contribution in [-0.4, -0.2) is 44.3 Å². The van der Waals surface area contributed by atoms with Gasteiger partial charge in [-0.25, -0.2) is 0 Å². The molecule has 2 aliphatic carbocycles. The smallest absolute Gasteiger partial charge is 0.307 e. The van der Waals surface area contributed by atoms with Crippen molar-refractivity contribution in [1.29, 1.82) is 0 Å². The van der Waals surface area contributed by atoms with Crippen LogP contribution >= 0.6 is 0 Å². The fourth-order valence-corrected chi connectivity index (χ4v) is 5.05. The van der Waals surface area contributed by atoms with Crippen LogP contribution in [0.15, 0.2) is 0 Å². The van der Waals surface area contributed by atoms with E-state index in [1.807, 2.05) is 0 Å². The molecule has 8 heteroatoms. The van der Waals surface area contributed by atoms with E-state index in [1.54, 1.807) is 13.8 Å². The third-order valence-corrected chi connectivity index (χ3v) is 6.11. The van der Waals surface area contributed by atoms with Crippen LogP contribution in [0, 0.1) is 40.4 Å². The second-order valence-corrected chi connectivity index (χ2v) is 6.89. The van der Waals surface area contributed by atoms with Crippen molar-refractivity contribution >= 4 is 23.9 Å². The minimum atomic E-state index is -1.47. The first kappa shape index (κ1) is 16.3. The van der Waals surface area contributed by atoms with E-state index in [1.165, 1.54) is 6.92 Å². The van der Waals surface area contributed by atoms with Gasteiger partial charge in [0.1, 0.15) is 0 Å². The van der Waals surface area contributed by atoms with Crippen LogP contribution in [0.1, 0.15) is 20.8 Å². The molecule has 4 unspecified atom stereocenters. The maximum Gasteiger partial charge on any atom is 0.307 e. The molecule has 0 heterocycles. The van der Waals surface area contributed by atoms with Crippen molar-refractivity contribution < 1.29 is 39.6 Å². The molecule has 2 rings (SSSR count). The number of carbonyl (C=O) groups is 4. The predicted molar refractivity (Wildman–Crippen MR) is 69.9 cm³/mol. The zero-order chi connectivity index (χ0) is 17.2. The van der Waals surface area contributed by atoms with Crippen molar-refractivity contribution in [1.82, 2.24) is 0 Å². The number of fused-ring (bicyclic) bond motifs is 2. The number of aliphatic carboxylic acids is 4. The van der Waals surface area contributed by atoms with E-state index in [4.69, 9.17) is 0 Å². The summed E-state index contributed by atoms with van der Waals surface area (Å²) in [5, 5.41) is 37.8. The topological polar surface area (TPSA) is 149 Å². The molecule has 0 spiro atoms. The minimum absolute atomic E-state index is 1.05. The predicted octanol–water partition coefficient (Wildman–Crippen LogP) is 0.465. The fraction of sp³-hybridized carbons (Fsp3) is 0.714. The van der Waals surface area contributed by atoms with E-state index < -0.39 is 64.3 Å². The number of hydrogen-bond donors (Lipinski definition) is 4. The molecule has 4 N–H and O–H groups in total. The lowest BCUT2D eigenvalue weighted by Gasteiger charge is -2.42. The van der Waals surface area contributed by atoms with Crippen LogP contribution in [0.3, 0.4) is 0 Å². The molecule has 0 aromatic carbocycles. The van der Waals surface area contributed by atoms with Crippen LogP contribution < -0.4 is 0 Å². The van der Waals surface area contributed by atoms with Crippen molar-refractivity contribution in [2.75, 3.05) is 0 Å². The Kier molecular flexibility index (Phi) is 3.28. The standard InChI is InChI=1S/C14H18O8/c1-13(2)6-4(9(15)16)7(11(19)20)14(13,3)8(12(21)22)5(6)10(17)18/h4-8H,1-3H3,(H,15,16)(H,17,18)(H,19,20)(H,21,22). The van der Waals surface area contributed by atoms with Crippen LogP contribution in [0.2, 0.25) is 0 Å². The Morgan fingerprint density at radius 3 is 1.23 bits per heavy atom. The highest BCUT2D eigenvalue weighted by Crippen LogP contribution is 2.74. The summed E-state index contributed by atoms with van der Waals surface area (Å²) in [6.07, 6.45) is 0. The first-order valence-electron chi connectivity index (χ1n) is 6.81. The van der Waals surface area contributed by atoms with Gasteiger partial charge in [0.05, 0.1) is 23.7 Å². The van der Waals surface area contributed by atoms with Crippen molar-refractivity contribution in [3.63, 3.8) is 0 Å². The summed E-state index contributed by atoms with van der Waals surface area (Å²) < 4.78 is 0. The van der Waals surface area contributed by atoms with E-state index in [0.29, 0.717) is 0 Å². The molecule has 122 valence electrons. The molecular weight excluding hydrogens is 296 g/mol. The van der Waals surface area contributed by atoms with Gasteiger partial charge in [0.25, 0.3) is 0 Å². The lowest BCUT2D eigenvalue weighted by molar-refractivity contribution is -0.174. The second kappa shape index (κ2) is 4.44. The summed E-state index contributed by atoms with van der Waals surface area (Å²) in [5.74, 6) is -12.4. The summed E-state index contributed by atoms with van der Waals surface area (Å²) in [4.78, 5) is 46.4. The van der Waals surface area contributed by atoms with Gasteiger partial charge in [0, 0.05) is 5.41 Å². The lowest BCUT2D eigenvalue weighted by atomic mass is 9.59. The number of carboxylic acids is 4. The summed E-state index contributed by atoms with van der Waals surface area (Å²) >= 11 is 0. The third kappa shape index (κ3) is 1.57. The molecule has 2 saturated carbocycles. The molecule has 0 aromatic rings. The summed E-state index contributed by atoms with van der Waals surface area (Å²) in [6.45, 7) is 4.52. The van der Waals surface area contributed by atoms with Crippen molar-refractivity contribution in [2.45, 2.75) is 20.8 Å². The van der Waals surface area contributed by atoms with Crippen molar-refractivity contribution in [2.24, 2.45) is 40.4 Å². The normalized spacial score (nSPS) is 42.0. The van der Waals surface area contributed by atoms with Gasteiger partial charge in [0.2, 0.25) is 0 Å². The Balaban J connectivity index is 2.77. The first-order valence-corrected chi connectivity index (χ1v) is 6.81. The summed E-state index contributed by atoms with van der Waals surface area (Å²) in [7, 11) is 0. The van der Waals surface area contributed by atoms with Gasteiger partial charge in [-0.1, -0.05) is 20.8 Å². The Labute approximate surface area is 125 Å². The Hall–Kier alpha value is -2.12. The highest BCUT2D eigenvalue weighted by Gasteiger charge is 2.80. The molecule has 4 atom stereocenters. The minimum Gasteiger partial charge on any atom is -0.481 e. The summed E-state index contributed by atoms with van der Waals surface area (Å²) in [5.41, 5.74) is -2.52. The number of carboxylic acid groups (broad SMARTS) is 4. The Morgan fingerprint density at radius 2 is 1.00 bits per heavy atom. The van der Waals surface area contributed by atoms with Crippen molar-refractivity contribution in [3.05, 3.63) is 0 Å². The molecule has 22 heavy (non-hydrogen) atoms. The van der Waals surface area contributed by atoms with Crippen molar-refractivity contribution in [3.8, 4) is 0 Å². The van der Waals surface area contributed by atoms with E-state index in [2.05, 4.69) is 0 Å². The Morgan fingerprint density at radius 1 is 0.682 bits per heavy atom. The van der Waals surface area contributed by atoms with Gasteiger partial charge >= 0.3 is 23.9 Å². The zero-order valence-electron chi connectivity index (χ0n) is 12.3. The van der Waals surface area contributed by atoms with E-state index in [9.17, 15) is 39.6 Å². The van der Waals surface area contributed by atoms with Crippen LogP contribution in [0.5, 0.6) is 0 Å². The van der Waals surface area contributed by atoms with Gasteiger partial charge < -0.3 is 20.4 Å². The van der Waals surface area contributed by atoms with E-state index in [-0.39, 0.29) is 0 Å². The monoisotopic (exact) mass is 314 g/mol. The molecule has 0 aromatic heterocycles. The third-order valence-electron chi connectivity index (χ3n) is 6.11. The van der Waals surface area contributed by atoms with Crippen LogP contribution in [0.4, 0.5) is 0 Å². The molecular formula is C14H18O8. The van der Waals surface area contributed by atoms with Crippen LogP contribution in [-0.2, 0) is 19.2 Å². The quantitative estimate of drug-likeness (QED) is 0.584. The molecule has 0 aliphatic heterocycles. The SMILES string of the molecule is CC1(C)C2C(C(=O)O)C(C(=O)O)C1(C)C(C(=O)O)C2C(=O)O. The molecule has 0 radical (unpaired) electrons. The average Bonchev–Trinajstić information content (AvgIpc) is 2.63. The molecule has 2 fully saturated rings. The lowest BCUT2D eigenvalue weighted by Crippen LogP contribution is -2.52. The largest absolute Gasteiger partial charge is 0.481 e. The highest BCUT2D eigenvalue weighted by molar-refractivity contribution is 5.90. The zero-order valence-corrected chi connectivity index (χ0v) is 12.3. The van der Waals surface area contributed by atoms with E-state index >= 15 is 0 Å². The average molecular weight is 314 g/mol. The van der Waals surface area contributed by atoms with Gasteiger partial charge in [0.15, 0.2) is 0 Å². The fourth-order valence-electron chi connectivity index (χ4n) is 5.05. The van der Waals surface area contributed by atoms with Gasteiger partial charge in [-0.05, 0) is 11.3 Å². The Bertz CT molecular complexity index is 537. The highest BCUT2D eigenvalue weighted by atomic mass is 16.4. The second-order valence-electron chi connectivity index (χ2n) is 6.89. The molecule has 0 amide bonds. The molecule has 2 bridgehead atoms. The molecule has 8 nitrogen and oxygen atoms in total. The van der Waals surface area contributed by atoms with Gasteiger partial charge in [-0.3, -0.25) is 19.2 Å². The maximum atomic E-state index is 11.6. The van der Waals surface area contributed by atoms with Gasteiger partial charge in [-0.2, -0.15) is 0 Å². The van der Waals surface area contributed by atoms with E-state index in [0.717, 1.165) is 0 Å². The number of hydrogen-bond acceptors (Lipinski definition) is 4. The first-order chi connectivity index (χ1) is 9.90. The molecule has 2 aliphatic rings. The molecule has 0 saturated heterocycles. The maximum absolute atomic E-state index is 11.6. The number of rotatable bonds is 4.